The second-order valence-electron chi connectivity index (χ2n) is 6.26. The number of benzene rings is 1. The molecule has 3 rings (SSSR count). The summed E-state index contributed by atoms with van der Waals surface area (Å²) in [6, 6.07) is 8.88. The van der Waals surface area contributed by atoms with Crippen LogP contribution in [0.4, 0.5) is 5.69 Å². The van der Waals surface area contributed by atoms with Gasteiger partial charge in [-0.15, -0.1) is 0 Å². The number of fused-ring (bicyclic) bond motifs is 1. The number of rotatable bonds is 2. The zero-order chi connectivity index (χ0) is 13.9. The molecular formula is C18H25NO. The van der Waals surface area contributed by atoms with E-state index in [1.807, 2.05) is 12.1 Å². The molecule has 1 heterocycles. The number of para-hydroxylation sites is 1. The molecule has 20 heavy (non-hydrogen) atoms. The van der Waals surface area contributed by atoms with E-state index in [0.29, 0.717) is 18.2 Å². The van der Waals surface area contributed by atoms with E-state index in [-0.39, 0.29) is 0 Å². The zero-order valence-electron chi connectivity index (χ0n) is 12.5. The van der Waals surface area contributed by atoms with Crippen LogP contribution < -0.4 is 4.90 Å². The number of hydrogen-bond acceptors (Lipinski definition) is 2. The fourth-order valence-corrected chi connectivity index (χ4v) is 4.04. The minimum atomic E-state index is 0.326. The van der Waals surface area contributed by atoms with E-state index in [0.717, 1.165) is 24.4 Å². The molecule has 1 fully saturated rings. The molecule has 0 amide bonds. The summed E-state index contributed by atoms with van der Waals surface area (Å²) in [7, 11) is 0. The van der Waals surface area contributed by atoms with Gasteiger partial charge in [-0.1, -0.05) is 38.3 Å². The maximum atomic E-state index is 12.3. The van der Waals surface area contributed by atoms with Crippen LogP contribution in [0, 0.1) is 5.92 Å². The molecule has 0 aromatic heterocycles. The summed E-state index contributed by atoms with van der Waals surface area (Å²) in [4.78, 5) is 14.8. The van der Waals surface area contributed by atoms with Crippen molar-refractivity contribution in [3.63, 3.8) is 0 Å². The van der Waals surface area contributed by atoms with E-state index in [2.05, 4.69) is 24.0 Å². The number of carbonyl (C=O) groups excluding carboxylic acids is 1. The van der Waals surface area contributed by atoms with Crippen LogP contribution in [0.3, 0.4) is 0 Å². The largest absolute Gasteiger partial charge is 0.368 e. The highest BCUT2D eigenvalue weighted by molar-refractivity contribution is 6.02. The van der Waals surface area contributed by atoms with Crippen LogP contribution >= 0.6 is 0 Å². The normalized spacial score (nSPS) is 27.1. The van der Waals surface area contributed by atoms with Gasteiger partial charge in [-0.2, -0.15) is 0 Å². The second-order valence-corrected chi connectivity index (χ2v) is 6.26. The molecule has 2 atom stereocenters. The van der Waals surface area contributed by atoms with Gasteiger partial charge < -0.3 is 4.90 Å². The van der Waals surface area contributed by atoms with Crippen molar-refractivity contribution in [3.05, 3.63) is 29.8 Å². The third-order valence-corrected chi connectivity index (χ3v) is 5.11. The van der Waals surface area contributed by atoms with Crippen molar-refractivity contribution in [2.24, 2.45) is 5.92 Å². The van der Waals surface area contributed by atoms with Crippen LogP contribution in [0.15, 0.2) is 24.3 Å². The van der Waals surface area contributed by atoms with Crippen LogP contribution in [0.5, 0.6) is 0 Å². The van der Waals surface area contributed by atoms with E-state index in [1.165, 1.54) is 37.8 Å². The maximum Gasteiger partial charge on any atom is 0.165 e. The van der Waals surface area contributed by atoms with Crippen molar-refractivity contribution < 1.29 is 4.79 Å². The van der Waals surface area contributed by atoms with Crippen molar-refractivity contribution in [3.8, 4) is 0 Å². The number of ketones is 1. The molecule has 0 radical (unpaired) electrons. The zero-order valence-corrected chi connectivity index (χ0v) is 12.5. The lowest BCUT2D eigenvalue weighted by molar-refractivity contribution is 0.0984. The van der Waals surface area contributed by atoms with E-state index >= 15 is 0 Å². The van der Waals surface area contributed by atoms with Crippen molar-refractivity contribution in [1.29, 1.82) is 0 Å². The van der Waals surface area contributed by atoms with E-state index in [4.69, 9.17) is 0 Å². The first-order chi connectivity index (χ1) is 9.81. The van der Waals surface area contributed by atoms with Crippen molar-refractivity contribution in [2.45, 2.75) is 57.9 Å². The molecule has 2 heteroatoms. The highest BCUT2D eigenvalue weighted by Crippen LogP contribution is 2.36. The first kappa shape index (κ1) is 13.7. The quantitative estimate of drug-likeness (QED) is 0.792. The monoisotopic (exact) mass is 271 g/mol. The fourth-order valence-electron chi connectivity index (χ4n) is 4.04. The highest BCUT2D eigenvalue weighted by Gasteiger charge is 2.32. The molecule has 0 saturated heterocycles. The predicted octanol–water partition coefficient (Wildman–Crippen LogP) is 4.44. The fraction of sp³-hybridized carbons (Fsp3) is 0.611. The third kappa shape index (κ3) is 2.48. The van der Waals surface area contributed by atoms with Crippen LogP contribution in [0.2, 0.25) is 0 Å². The summed E-state index contributed by atoms with van der Waals surface area (Å²) < 4.78 is 0. The van der Waals surface area contributed by atoms with Crippen LogP contribution in [0.1, 0.15) is 62.2 Å². The highest BCUT2D eigenvalue weighted by atomic mass is 16.1. The Hall–Kier alpha value is -1.31. The molecule has 1 aliphatic carbocycles. The van der Waals surface area contributed by atoms with Crippen LogP contribution in [-0.2, 0) is 0 Å². The lowest BCUT2D eigenvalue weighted by Crippen LogP contribution is -2.43. The molecule has 1 aliphatic heterocycles. The Morgan fingerprint density at radius 1 is 1.15 bits per heavy atom. The summed E-state index contributed by atoms with van der Waals surface area (Å²) in [5.74, 6) is 1.12. The second kappa shape index (κ2) is 5.99. The number of nitrogens with zero attached hydrogens (tertiary/aromatic N) is 1. The molecule has 0 spiro atoms. The first-order valence-corrected chi connectivity index (χ1v) is 8.20. The van der Waals surface area contributed by atoms with Crippen molar-refractivity contribution in [1.82, 2.24) is 0 Å². The molecule has 1 aromatic carbocycles. The average molecular weight is 271 g/mol. The standard InChI is InChI=1S/C18H25NO/c1-2-14-8-3-5-10-16(14)19-13-7-12-18(20)15-9-4-6-11-17(15)19/h4,6,9,11,14,16H,2-3,5,7-8,10,12-13H2,1H3. The smallest absolute Gasteiger partial charge is 0.165 e. The van der Waals surface area contributed by atoms with E-state index < -0.39 is 0 Å². The molecule has 2 aliphatic rings. The van der Waals surface area contributed by atoms with Gasteiger partial charge in [0.25, 0.3) is 0 Å². The third-order valence-electron chi connectivity index (χ3n) is 5.11. The van der Waals surface area contributed by atoms with Gasteiger partial charge in [-0.05, 0) is 37.3 Å². The molecule has 1 aromatic rings. The number of Topliss-reactive ketones (excluding diaryl/α,β-unsaturated/α-hetero) is 1. The molecule has 108 valence electrons. The summed E-state index contributed by atoms with van der Waals surface area (Å²) in [6.07, 6.45) is 8.33. The molecule has 1 saturated carbocycles. The number of anilines is 1. The first-order valence-electron chi connectivity index (χ1n) is 8.20. The van der Waals surface area contributed by atoms with Gasteiger partial charge in [0.2, 0.25) is 0 Å². The molecule has 0 N–H and O–H groups in total. The van der Waals surface area contributed by atoms with E-state index in [1.54, 1.807) is 0 Å². The van der Waals surface area contributed by atoms with Crippen molar-refractivity contribution >= 4 is 11.5 Å². The van der Waals surface area contributed by atoms with Gasteiger partial charge in [-0.3, -0.25) is 4.79 Å². The number of hydrogen-bond donors (Lipinski definition) is 0. The summed E-state index contributed by atoms with van der Waals surface area (Å²) in [6.45, 7) is 3.36. The Kier molecular flexibility index (Phi) is 4.09. The molecule has 0 bridgehead atoms. The summed E-state index contributed by atoms with van der Waals surface area (Å²) in [5, 5.41) is 0. The van der Waals surface area contributed by atoms with Gasteiger partial charge in [-0.25, -0.2) is 0 Å². The van der Waals surface area contributed by atoms with Gasteiger partial charge in [0.1, 0.15) is 0 Å². The molecule has 2 nitrogen and oxygen atoms in total. The summed E-state index contributed by atoms with van der Waals surface area (Å²) in [5.41, 5.74) is 2.14. The van der Waals surface area contributed by atoms with Gasteiger partial charge >= 0.3 is 0 Å². The van der Waals surface area contributed by atoms with Gasteiger partial charge in [0, 0.05) is 30.3 Å². The molecular weight excluding hydrogens is 246 g/mol. The van der Waals surface area contributed by atoms with Crippen LogP contribution in [0.25, 0.3) is 0 Å². The Morgan fingerprint density at radius 3 is 2.80 bits per heavy atom. The van der Waals surface area contributed by atoms with Crippen molar-refractivity contribution in [2.75, 3.05) is 11.4 Å². The lowest BCUT2D eigenvalue weighted by atomic mass is 9.81. The topological polar surface area (TPSA) is 20.3 Å². The minimum Gasteiger partial charge on any atom is -0.368 e. The number of carbonyl (C=O) groups is 1. The maximum absolute atomic E-state index is 12.3. The van der Waals surface area contributed by atoms with Gasteiger partial charge in [0.15, 0.2) is 5.78 Å². The Morgan fingerprint density at radius 2 is 1.95 bits per heavy atom. The van der Waals surface area contributed by atoms with Crippen LogP contribution in [-0.4, -0.2) is 18.4 Å². The molecule has 2 unspecified atom stereocenters. The lowest BCUT2D eigenvalue weighted by Gasteiger charge is -2.41. The Bertz CT molecular complexity index is 482. The Labute approximate surface area is 122 Å². The van der Waals surface area contributed by atoms with Gasteiger partial charge in [0.05, 0.1) is 0 Å². The predicted molar refractivity (Wildman–Crippen MR) is 83.4 cm³/mol. The summed E-state index contributed by atoms with van der Waals surface area (Å²) >= 11 is 0. The van der Waals surface area contributed by atoms with E-state index in [9.17, 15) is 4.79 Å². The SMILES string of the molecule is CCC1CCCCC1N1CCCC(=O)c2ccccc21. The Balaban J connectivity index is 1.95. The minimum absolute atomic E-state index is 0.326. The average Bonchev–Trinajstić information content (AvgIpc) is 2.67.